The number of nitrogens with zero attached hydrogens (tertiary/aromatic N) is 2. The number of piperazine rings is 1. The summed E-state index contributed by atoms with van der Waals surface area (Å²) < 4.78 is 28.2. The van der Waals surface area contributed by atoms with E-state index in [1.807, 2.05) is 42.3 Å². The van der Waals surface area contributed by atoms with Crippen LogP contribution in [0.15, 0.2) is 83.8 Å². The Morgan fingerprint density at radius 1 is 0.868 bits per heavy atom. The maximum absolute atomic E-state index is 12.8. The van der Waals surface area contributed by atoms with Crippen LogP contribution in [0, 0.1) is 0 Å². The summed E-state index contributed by atoms with van der Waals surface area (Å²) in [5, 5.41) is 2.86. The van der Waals surface area contributed by atoms with Gasteiger partial charge in [0.05, 0.1) is 4.90 Å². The van der Waals surface area contributed by atoms with Crippen LogP contribution in [0.2, 0.25) is 0 Å². The predicted molar refractivity (Wildman–Crippen MR) is 148 cm³/mol. The molecule has 0 bridgehead atoms. The van der Waals surface area contributed by atoms with Crippen molar-refractivity contribution in [2.45, 2.75) is 30.7 Å². The van der Waals surface area contributed by atoms with E-state index in [1.54, 1.807) is 55.5 Å². The van der Waals surface area contributed by atoms with Gasteiger partial charge in [-0.3, -0.25) is 9.59 Å². The highest BCUT2D eigenvalue weighted by atomic mass is 32.2. The third-order valence-corrected chi connectivity index (χ3v) is 8.27. The molecule has 0 saturated carbocycles. The van der Waals surface area contributed by atoms with Gasteiger partial charge in [-0.15, -0.1) is 0 Å². The minimum Gasteiger partial charge on any atom is -0.336 e. The van der Waals surface area contributed by atoms with E-state index in [2.05, 4.69) is 14.9 Å². The van der Waals surface area contributed by atoms with Crippen LogP contribution in [-0.2, 0) is 21.2 Å². The minimum absolute atomic E-state index is 0.00570. The molecule has 2 amide bonds. The summed E-state index contributed by atoms with van der Waals surface area (Å²) in [6, 6.07) is 22.6. The first-order chi connectivity index (χ1) is 18.2. The van der Waals surface area contributed by atoms with Crippen LogP contribution in [0.5, 0.6) is 0 Å². The summed E-state index contributed by atoms with van der Waals surface area (Å²) in [7, 11) is -1.63. The number of likely N-dealkylation sites (N-methyl/N-ethyl adjacent to an activating group) is 1. The van der Waals surface area contributed by atoms with Gasteiger partial charge in [0.15, 0.2) is 0 Å². The lowest BCUT2D eigenvalue weighted by atomic mass is 10.1. The van der Waals surface area contributed by atoms with Crippen molar-refractivity contribution in [1.29, 1.82) is 0 Å². The van der Waals surface area contributed by atoms with E-state index in [4.69, 9.17) is 0 Å². The molecule has 4 rings (SSSR count). The number of sulfonamides is 1. The summed E-state index contributed by atoms with van der Waals surface area (Å²) in [5.41, 5.74) is 2.98. The van der Waals surface area contributed by atoms with E-state index in [-0.39, 0.29) is 29.2 Å². The van der Waals surface area contributed by atoms with Gasteiger partial charge in [0.2, 0.25) is 15.9 Å². The molecule has 2 N–H and O–H groups in total. The number of hydrogen-bond donors (Lipinski definition) is 2. The number of hydrogen-bond acceptors (Lipinski definition) is 5. The van der Waals surface area contributed by atoms with Gasteiger partial charge in [-0.2, -0.15) is 0 Å². The van der Waals surface area contributed by atoms with Gasteiger partial charge in [0.25, 0.3) is 5.91 Å². The van der Waals surface area contributed by atoms with Crippen LogP contribution in [0.4, 0.5) is 5.69 Å². The molecule has 200 valence electrons. The number of nitrogens with one attached hydrogen (secondary N) is 2. The standard InChI is InChI=1S/C29H34N4O4S/c1-22(24-6-4-3-5-7-24)31-38(36,37)27-15-8-23(9-16-27)10-17-28(34)30-26-13-11-25(12-14-26)29(35)33-20-18-32(2)19-21-33/h3-9,11-16,22,31H,10,17-21H2,1-2H3,(H,30,34)/t22-/m1/s1. The summed E-state index contributed by atoms with van der Waals surface area (Å²) in [6.07, 6.45) is 0.720. The molecule has 3 aromatic carbocycles. The average Bonchev–Trinajstić information content (AvgIpc) is 2.93. The zero-order valence-electron chi connectivity index (χ0n) is 21.8. The fourth-order valence-electron chi connectivity index (χ4n) is 4.32. The number of anilines is 1. The lowest BCUT2D eigenvalue weighted by Crippen LogP contribution is -2.47. The Labute approximate surface area is 224 Å². The fraction of sp³-hybridized carbons (Fsp3) is 0.310. The molecule has 8 nitrogen and oxygen atoms in total. The molecule has 0 unspecified atom stereocenters. The number of carbonyl (C=O) groups excluding carboxylic acids is 2. The highest BCUT2D eigenvalue weighted by molar-refractivity contribution is 7.89. The predicted octanol–water partition coefficient (Wildman–Crippen LogP) is 3.69. The van der Waals surface area contributed by atoms with Crippen LogP contribution < -0.4 is 10.0 Å². The summed E-state index contributed by atoms with van der Waals surface area (Å²) in [6.45, 7) is 4.96. The van der Waals surface area contributed by atoms with E-state index in [0.717, 1.165) is 24.2 Å². The fourth-order valence-corrected chi connectivity index (χ4v) is 5.55. The molecule has 1 fully saturated rings. The lowest BCUT2D eigenvalue weighted by Gasteiger charge is -2.32. The summed E-state index contributed by atoms with van der Waals surface area (Å²) in [5.74, 6) is -0.149. The third kappa shape index (κ3) is 7.28. The van der Waals surface area contributed by atoms with Gasteiger partial charge in [-0.1, -0.05) is 42.5 Å². The normalized spacial score (nSPS) is 15.2. The molecular formula is C29H34N4O4S. The van der Waals surface area contributed by atoms with Crippen molar-refractivity contribution in [3.63, 3.8) is 0 Å². The van der Waals surface area contributed by atoms with E-state index >= 15 is 0 Å². The van der Waals surface area contributed by atoms with Gasteiger partial charge < -0.3 is 15.1 Å². The number of carbonyl (C=O) groups is 2. The Morgan fingerprint density at radius 2 is 1.50 bits per heavy atom. The quantitative estimate of drug-likeness (QED) is 0.436. The van der Waals surface area contributed by atoms with E-state index in [0.29, 0.717) is 30.8 Å². The second-order valence-electron chi connectivity index (χ2n) is 9.62. The largest absolute Gasteiger partial charge is 0.336 e. The first-order valence-electron chi connectivity index (χ1n) is 12.8. The molecule has 1 atom stereocenters. The molecule has 1 aliphatic heterocycles. The number of rotatable bonds is 9. The van der Waals surface area contributed by atoms with Gasteiger partial charge in [0.1, 0.15) is 0 Å². The van der Waals surface area contributed by atoms with E-state index < -0.39 is 10.0 Å². The van der Waals surface area contributed by atoms with Crippen LogP contribution in [0.25, 0.3) is 0 Å². The summed E-state index contributed by atoms with van der Waals surface area (Å²) in [4.78, 5) is 29.4. The maximum atomic E-state index is 12.8. The highest BCUT2D eigenvalue weighted by Crippen LogP contribution is 2.18. The van der Waals surface area contributed by atoms with E-state index in [9.17, 15) is 18.0 Å². The molecule has 0 aliphatic carbocycles. The zero-order chi connectivity index (χ0) is 27.1. The van der Waals surface area contributed by atoms with E-state index in [1.165, 1.54) is 0 Å². The highest BCUT2D eigenvalue weighted by Gasteiger charge is 2.21. The number of benzene rings is 3. The van der Waals surface area contributed by atoms with Crippen molar-refractivity contribution >= 4 is 27.5 Å². The molecule has 1 heterocycles. The smallest absolute Gasteiger partial charge is 0.253 e. The van der Waals surface area contributed by atoms with Crippen molar-refractivity contribution in [2.24, 2.45) is 0 Å². The molecule has 0 aromatic heterocycles. The lowest BCUT2D eigenvalue weighted by molar-refractivity contribution is -0.116. The Bertz CT molecular complexity index is 1340. The van der Waals surface area contributed by atoms with Crippen LogP contribution in [0.3, 0.4) is 0 Å². The maximum Gasteiger partial charge on any atom is 0.253 e. The van der Waals surface area contributed by atoms with Crippen molar-refractivity contribution in [2.75, 3.05) is 38.5 Å². The average molecular weight is 535 g/mol. The zero-order valence-corrected chi connectivity index (χ0v) is 22.6. The second kappa shape index (κ2) is 12.3. The topological polar surface area (TPSA) is 98.8 Å². The molecule has 38 heavy (non-hydrogen) atoms. The third-order valence-electron chi connectivity index (χ3n) is 6.71. The molecule has 1 aliphatic rings. The SMILES string of the molecule is C[C@@H](NS(=O)(=O)c1ccc(CCC(=O)Nc2ccc(C(=O)N3CCN(C)CC3)cc2)cc1)c1ccccc1. The van der Waals surface area contributed by atoms with Crippen LogP contribution in [0.1, 0.15) is 40.9 Å². The Hall–Kier alpha value is -3.53. The molecule has 0 radical (unpaired) electrons. The Balaban J connectivity index is 1.26. The molecular weight excluding hydrogens is 500 g/mol. The molecule has 3 aromatic rings. The van der Waals surface area contributed by atoms with Gasteiger partial charge in [-0.25, -0.2) is 13.1 Å². The second-order valence-corrected chi connectivity index (χ2v) is 11.3. The molecule has 0 spiro atoms. The monoisotopic (exact) mass is 534 g/mol. The van der Waals surface area contributed by atoms with Crippen molar-refractivity contribution in [3.8, 4) is 0 Å². The Morgan fingerprint density at radius 3 is 2.13 bits per heavy atom. The van der Waals surface area contributed by atoms with Gasteiger partial charge in [0, 0.05) is 49.9 Å². The molecule has 9 heteroatoms. The van der Waals surface area contributed by atoms with Gasteiger partial charge in [-0.05, 0) is 67.9 Å². The van der Waals surface area contributed by atoms with Gasteiger partial charge >= 0.3 is 0 Å². The molecule has 1 saturated heterocycles. The first-order valence-corrected chi connectivity index (χ1v) is 14.2. The Kier molecular flexibility index (Phi) is 8.93. The first kappa shape index (κ1) is 27.5. The number of aryl methyl sites for hydroxylation is 1. The van der Waals surface area contributed by atoms with Crippen LogP contribution in [-0.4, -0.2) is 63.3 Å². The van der Waals surface area contributed by atoms with Crippen LogP contribution >= 0.6 is 0 Å². The van der Waals surface area contributed by atoms with Crippen molar-refractivity contribution in [1.82, 2.24) is 14.5 Å². The number of amides is 2. The summed E-state index contributed by atoms with van der Waals surface area (Å²) >= 11 is 0. The minimum atomic E-state index is -3.67. The van der Waals surface area contributed by atoms with Crippen molar-refractivity contribution in [3.05, 3.63) is 95.6 Å². The van der Waals surface area contributed by atoms with Crippen molar-refractivity contribution < 1.29 is 18.0 Å².